The molecular weight excluding hydrogens is 488 g/mol. The first-order valence-electron chi connectivity index (χ1n) is 15.1. The van der Waals surface area contributed by atoms with Gasteiger partial charge in [-0.3, -0.25) is 4.99 Å². The third-order valence-electron chi connectivity index (χ3n) is 8.37. The highest BCUT2D eigenvalue weighted by atomic mass is 15.1. The van der Waals surface area contributed by atoms with Gasteiger partial charge >= 0.3 is 0 Å². The number of nitrogens with one attached hydrogen (secondary N) is 1. The van der Waals surface area contributed by atoms with Crippen LogP contribution < -0.4 is 5.73 Å². The summed E-state index contributed by atoms with van der Waals surface area (Å²) in [5.41, 5.74) is 16.1. The molecule has 4 rings (SSSR count). The summed E-state index contributed by atoms with van der Waals surface area (Å²) in [6.07, 6.45) is 13.7. The number of nitrogens with two attached hydrogens (primary N) is 1. The Morgan fingerprint density at radius 3 is 2.85 bits per heavy atom. The van der Waals surface area contributed by atoms with Gasteiger partial charge in [-0.2, -0.15) is 0 Å². The van der Waals surface area contributed by atoms with Gasteiger partial charge in [-0.15, -0.1) is 6.58 Å². The van der Waals surface area contributed by atoms with Crippen molar-refractivity contribution in [3.05, 3.63) is 95.7 Å². The molecule has 0 saturated carbocycles. The third kappa shape index (κ3) is 8.63. The lowest BCUT2D eigenvalue weighted by Gasteiger charge is -2.25. The predicted octanol–water partition coefficient (Wildman–Crippen LogP) is 8.41. The number of likely N-dealkylation sites (tertiary alicyclic amines) is 1. The van der Waals surface area contributed by atoms with Crippen LogP contribution in [0.25, 0.3) is 5.57 Å². The van der Waals surface area contributed by atoms with E-state index in [9.17, 15) is 0 Å². The minimum atomic E-state index is 0.275. The molecule has 4 nitrogen and oxygen atoms in total. The topological polar surface area (TPSA) is 65.5 Å². The van der Waals surface area contributed by atoms with Gasteiger partial charge in [0.05, 0.1) is 5.69 Å². The average Bonchev–Trinajstić information content (AvgIpc) is 3.35. The van der Waals surface area contributed by atoms with E-state index < -0.39 is 0 Å². The number of nitrogens with zero attached hydrogens (tertiary/aromatic N) is 2. The molecule has 2 aromatic carbocycles. The van der Waals surface area contributed by atoms with E-state index in [2.05, 4.69) is 54.5 Å². The van der Waals surface area contributed by atoms with Crippen LogP contribution >= 0.6 is 0 Å². The lowest BCUT2D eigenvalue weighted by molar-refractivity contribution is 0.299. The summed E-state index contributed by atoms with van der Waals surface area (Å²) < 4.78 is 0. The zero-order valence-corrected chi connectivity index (χ0v) is 24.7. The summed E-state index contributed by atoms with van der Waals surface area (Å²) >= 11 is 0. The molecule has 1 aliphatic heterocycles. The molecule has 0 radical (unpaired) electrons. The van der Waals surface area contributed by atoms with Gasteiger partial charge in [0, 0.05) is 42.5 Å². The number of benzene rings is 2. The molecule has 2 aromatic rings. The fourth-order valence-electron chi connectivity index (χ4n) is 6.43. The van der Waals surface area contributed by atoms with Crippen LogP contribution in [0.5, 0.6) is 0 Å². The van der Waals surface area contributed by atoms with E-state index in [1.165, 1.54) is 59.9 Å². The molecule has 40 heavy (non-hydrogen) atoms. The first kappa shape index (κ1) is 29.7. The summed E-state index contributed by atoms with van der Waals surface area (Å²) in [4.78, 5) is 7.39. The van der Waals surface area contributed by atoms with E-state index in [1.54, 1.807) is 0 Å². The molecule has 1 fully saturated rings. The van der Waals surface area contributed by atoms with Crippen LogP contribution in [0.1, 0.15) is 87.0 Å². The highest BCUT2D eigenvalue weighted by molar-refractivity contribution is 5.95. The lowest BCUT2D eigenvalue weighted by Crippen LogP contribution is -2.27. The fourth-order valence-corrected chi connectivity index (χ4v) is 6.43. The number of hydrogen-bond acceptors (Lipinski definition) is 4. The molecule has 2 aliphatic rings. The monoisotopic (exact) mass is 536 g/mol. The van der Waals surface area contributed by atoms with Crippen LogP contribution in [0, 0.1) is 11.3 Å². The Morgan fingerprint density at radius 1 is 1.20 bits per heavy atom. The van der Waals surface area contributed by atoms with Gasteiger partial charge < -0.3 is 16.0 Å². The smallest absolute Gasteiger partial charge is 0.0635 e. The molecule has 0 spiro atoms. The highest BCUT2D eigenvalue weighted by Crippen LogP contribution is 2.32. The van der Waals surface area contributed by atoms with Crippen LogP contribution in [-0.4, -0.2) is 36.0 Å². The predicted molar refractivity (Wildman–Crippen MR) is 173 cm³/mol. The van der Waals surface area contributed by atoms with Crippen molar-refractivity contribution in [2.75, 3.05) is 19.6 Å². The number of aliphatic imine (C=N–C) groups is 1. The van der Waals surface area contributed by atoms with Crippen molar-refractivity contribution in [2.24, 2.45) is 16.6 Å². The van der Waals surface area contributed by atoms with Crippen LogP contribution in [0.15, 0.2) is 78.5 Å². The Hall–Kier alpha value is -3.24. The molecule has 1 aliphatic carbocycles. The molecule has 1 unspecified atom stereocenters. The maximum absolute atomic E-state index is 8.52. The molecule has 3 N–H and O–H groups in total. The largest absolute Gasteiger partial charge is 0.402 e. The van der Waals surface area contributed by atoms with Crippen molar-refractivity contribution in [1.29, 1.82) is 5.41 Å². The number of allylic oxidation sites excluding steroid dienone is 4. The molecule has 0 amide bonds. The molecule has 212 valence electrons. The van der Waals surface area contributed by atoms with Crippen molar-refractivity contribution < 1.29 is 0 Å². The zero-order valence-electron chi connectivity index (χ0n) is 24.7. The Morgan fingerprint density at radius 2 is 2.05 bits per heavy atom. The van der Waals surface area contributed by atoms with Crippen LogP contribution in [0.4, 0.5) is 5.69 Å². The van der Waals surface area contributed by atoms with Gasteiger partial charge in [-0.25, -0.2) is 0 Å². The molecule has 1 saturated heterocycles. The summed E-state index contributed by atoms with van der Waals surface area (Å²) in [5.74, 6) is 1.03. The second kappa shape index (κ2) is 14.4. The second-order valence-corrected chi connectivity index (χ2v) is 12.0. The van der Waals surface area contributed by atoms with Crippen molar-refractivity contribution >= 4 is 22.7 Å². The van der Waals surface area contributed by atoms with Crippen molar-refractivity contribution in [3.63, 3.8) is 0 Å². The molecular formula is C36H48N4. The van der Waals surface area contributed by atoms with E-state index in [-0.39, 0.29) is 5.92 Å². The van der Waals surface area contributed by atoms with E-state index in [1.807, 2.05) is 32.1 Å². The molecule has 2 atom stereocenters. The number of hydrogen-bond donors (Lipinski definition) is 2. The summed E-state index contributed by atoms with van der Waals surface area (Å²) in [5, 5.41) is 8.52. The third-order valence-corrected chi connectivity index (χ3v) is 8.37. The van der Waals surface area contributed by atoms with E-state index >= 15 is 0 Å². The van der Waals surface area contributed by atoms with Crippen LogP contribution in [-0.2, 0) is 12.8 Å². The number of aryl methyl sites for hydroxylation is 2. The summed E-state index contributed by atoms with van der Waals surface area (Å²) in [6, 6.07) is 15.6. The Balaban J connectivity index is 1.35. The minimum absolute atomic E-state index is 0.275. The normalized spacial score (nSPS) is 18.9. The first-order chi connectivity index (χ1) is 19.3. The second-order valence-electron chi connectivity index (χ2n) is 12.0. The van der Waals surface area contributed by atoms with Crippen molar-refractivity contribution in [1.82, 2.24) is 4.90 Å². The standard InChI is InChI=1S/C36H48N4/c1-5-9-34(38)22-33(32-14-8-15-35(23-32)39-28(4)20-27(3)37)25-40-19-18-30(24-40)12-7-11-29-16-17-31-13-6-10-26(2)36(31)21-29/h5,8,14-17,20-21,23,30,33,38H,1-2,6-7,9-13,18-19,22,24-25,37H2,3-4H3/t30?,33-/m1/s1. The number of rotatable bonds is 13. The van der Waals surface area contributed by atoms with E-state index in [4.69, 9.17) is 16.1 Å². The fraction of sp³-hybridized carbons (Fsp3) is 0.444. The van der Waals surface area contributed by atoms with Gasteiger partial charge in [-0.05, 0) is 124 Å². The lowest BCUT2D eigenvalue weighted by atomic mass is 9.86. The Labute approximate surface area is 242 Å². The highest BCUT2D eigenvalue weighted by Gasteiger charge is 2.26. The van der Waals surface area contributed by atoms with E-state index in [0.717, 1.165) is 67.6 Å². The van der Waals surface area contributed by atoms with Crippen LogP contribution in [0.3, 0.4) is 0 Å². The Kier molecular flexibility index (Phi) is 10.7. The Bertz CT molecular complexity index is 1260. The van der Waals surface area contributed by atoms with Gasteiger partial charge in [-0.1, -0.05) is 43.0 Å². The van der Waals surface area contributed by atoms with Crippen molar-refractivity contribution in [2.45, 2.75) is 77.6 Å². The molecule has 0 aromatic heterocycles. The van der Waals surface area contributed by atoms with Gasteiger partial charge in [0.1, 0.15) is 0 Å². The first-order valence-corrected chi connectivity index (χ1v) is 15.1. The van der Waals surface area contributed by atoms with Gasteiger partial charge in [0.2, 0.25) is 0 Å². The molecule has 0 bridgehead atoms. The maximum Gasteiger partial charge on any atom is 0.0635 e. The summed E-state index contributed by atoms with van der Waals surface area (Å²) in [6.45, 7) is 15.3. The van der Waals surface area contributed by atoms with Crippen molar-refractivity contribution in [3.8, 4) is 0 Å². The minimum Gasteiger partial charge on any atom is -0.402 e. The van der Waals surface area contributed by atoms with Crippen LogP contribution in [0.2, 0.25) is 0 Å². The summed E-state index contributed by atoms with van der Waals surface area (Å²) in [7, 11) is 0. The SMILES string of the molecule is C=CCC(=N)C[C@H](CN1CCC(CCCc2ccc3c(c2)C(=C)CCC3)C1)c1cccc(N=C(C)C=C(C)N)c1. The molecule has 1 heterocycles. The zero-order chi connectivity index (χ0) is 28.5. The number of fused-ring (bicyclic) bond motifs is 1. The van der Waals surface area contributed by atoms with Gasteiger partial charge in [0.15, 0.2) is 0 Å². The average molecular weight is 537 g/mol. The maximum atomic E-state index is 8.52. The van der Waals surface area contributed by atoms with Gasteiger partial charge in [0.25, 0.3) is 0 Å². The molecule has 4 heteroatoms. The van der Waals surface area contributed by atoms with E-state index in [0.29, 0.717) is 6.42 Å². The quantitative estimate of drug-likeness (QED) is 0.199.